The van der Waals surface area contributed by atoms with Crippen molar-refractivity contribution >= 4 is 15.9 Å². The summed E-state index contributed by atoms with van der Waals surface area (Å²) in [5.74, 6) is -0.313. The molecule has 0 saturated heterocycles. The molecule has 0 aliphatic carbocycles. The minimum absolute atomic E-state index is 0.0431. The standard InChI is InChI=1S/C8H14N4O3S/c1-11(2)8(13)5-10-16(14,15)7-4-9-12(3)6-7/h4,6,10H,5H2,1-3H3. The lowest BCUT2D eigenvalue weighted by Gasteiger charge is -2.10. The Kier molecular flexibility index (Phi) is 3.66. The molecule has 0 spiro atoms. The van der Waals surface area contributed by atoms with E-state index in [9.17, 15) is 13.2 Å². The second-order valence-electron chi connectivity index (χ2n) is 3.46. The summed E-state index contributed by atoms with van der Waals surface area (Å²) < 4.78 is 26.8. The van der Waals surface area contributed by atoms with Gasteiger partial charge in [-0.3, -0.25) is 9.48 Å². The molecule has 7 nitrogen and oxygen atoms in total. The van der Waals surface area contributed by atoms with E-state index in [0.717, 1.165) is 0 Å². The zero-order valence-electron chi connectivity index (χ0n) is 9.34. The molecule has 1 aromatic rings. The van der Waals surface area contributed by atoms with Gasteiger partial charge in [0.25, 0.3) is 0 Å². The van der Waals surface area contributed by atoms with Gasteiger partial charge in [0.15, 0.2) is 0 Å². The first-order valence-electron chi connectivity index (χ1n) is 4.51. The van der Waals surface area contributed by atoms with E-state index in [0.29, 0.717) is 0 Å². The minimum atomic E-state index is -3.65. The van der Waals surface area contributed by atoms with Gasteiger partial charge < -0.3 is 4.90 Å². The van der Waals surface area contributed by atoms with Crippen molar-refractivity contribution in [2.45, 2.75) is 4.90 Å². The second-order valence-corrected chi connectivity index (χ2v) is 5.23. The van der Waals surface area contributed by atoms with Gasteiger partial charge in [0.2, 0.25) is 15.9 Å². The van der Waals surface area contributed by atoms with Crippen LogP contribution in [0, 0.1) is 0 Å². The molecule has 0 radical (unpaired) electrons. The maximum Gasteiger partial charge on any atom is 0.244 e. The van der Waals surface area contributed by atoms with Crippen molar-refractivity contribution in [2.75, 3.05) is 20.6 Å². The molecule has 1 heterocycles. The van der Waals surface area contributed by atoms with Crippen molar-refractivity contribution < 1.29 is 13.2 Å². The lowest BCUT2D eigenvalue weighted by atomic mass is 10.6. The van der Waals surface area contributed by atoms with E-state index in [1.54, 1.807) is 21.1 Å². The average Bonchev–Trinajstić information content (AvgIpc) is 2.61. The first-order valence-corrected chi connectivity index (χ1v) is 5.99. The number of amides is 1. The van der Waals surface area contributed by atoms with E-state index in [2.05, 4.69) is 9.82 Å². The highest BCUT2D eigenvalue weighted by Crippen LogP contribution is 2.05. The fourth-order valence-corrected chi connectivity index (χ4v) is 1.89. The van der Waals surface area contributed by atoms with Crippen molar-refractivity contribution in [3.8, 4) is 0 Å². The van der Waals surface area contributed by atoms with Gasteiger partial charge in [-0.2, -0.15) is 5.10 Å². The molecule has 0 fully saturated rings. The number of likely N-dealkylation sites (N-methyl/N-ethyl adjacent to an activating group) is 1. The van der Waals surface area contributed by atoms with E-state index >= 15 is 0 Å². The second kappa shape index (κ2) is 4.62. The average molecular weight is 246 g/mol. The summed E-state index contributed by atoms with van der Waals surface area (Å²) in [5, 5.41) is 3.75. The summed E-state index contributed by atoms with van der Waals surface area (Å²) in [6.07, 6.45) is 2.59. The van der Waals surface area contributed by atoms with E-state index in [1.165, 1.54) is 22.0 Å². The lowest BCUT2D eigenvalue weighted by Crippen LogP contribution is -2.36. The molecule has 0 aliphatic heterocycles. The number of nitrogens with one attached hydrogen (secondary N) is 1. The third kappa shape index (κ3) is 3.04. The molecule has 1 rings (SSSR count). The number of aryl methyl sites for hydroxylation is 1. The molecular weight excluding hydrogens is 232 g/mol. The van der Waals surface area contributed by atoms with Gasteiger partial charge in [-0.15, -0.1) is 0 Å². The third-order valence-electron chi connectivity index (χ3n) is 1.90. The van der Waals surface area contributed by atoms with Gasteiger partial charge in [0.05, 0.1) is 12.7 Å². The first-order chi connectivity index (χ1) is 7.33. The molecule has 0 aliphatic rings. The van der Waals surface area contributed by atoms with Crippen LogP contribution in [0.15, 0.2) is 17.3 Å². The summed E-state index contributed by atoms with van der Waals surface area (Å²) in [6.45, 7) is -0.260. The normalized spacial score (nSPS) is 11.4. The maximum atomic E-state index is 11.6. The molecule has 90 valence electrons. The van der Waals surface area contributed by atoms with Crippen molar-refractivity contribution in [2.24, 2.45) is 7.05 Å². The Balaban J connectivity index is 2.70. The lowest BCUT2D eigenvalue weighted by molar-refractivity contribution is -0.127. The van der Waals surface area contributed by atoms with Gasteiger partial charge in [-0.1, -0.05) is 0 Å². The van der Waals surface area contributed by atoms with Gasteiger partial charge >= 0.3 is 0 Å². The van der Waals surface area contributed by atoms with Crippen LogP contribution < -0.4 is 4.72 Å². The Morgan fingerprint density at radius 1 is 1.56 bits per heavy atom. The molecular formula is C8H14N4O3S. The number of hydrogen-bond acceptors (Lipinski definition) is 4. The first kappa shape index (κ1) is 12.7. The Bertz CT molecular complexity index is 477. The van der Waals surface area contributed by atoms with E-state index in [4.69, 9.17) is 0 Å². The molecule has 0 atom stereocenters. The Hall–Kier alpha value is -1.41. The van der Waals surface area contributed by atoms with Crippen molar-refractivity contribution in [3.63, 3.8) is 0 Å². The van der Waals surface area contributed by atoms with Crippen LogP contribution >= 0.6 is 0 Å². The Morgan fingerprint density at radius 2 is 2.19 bits per heavy atom. The topological polar surface area (TPSA) is 84.3 Å². The van der Waals surface area contributed by atoms with Crippen LogP contribution in [0.2, 0.25) is 0 Å². The number of carbonyl (C=O) groups excluding carboxylic acids is 1. The van der Waals surface area contributed by atoms with Gasteiger partial charge in [-0.25, -0.2) is 13.1 Å². The zero-order chi connectivity index (χ0) is 12.3. The number of hydrogen-bond donors (Lipinski definition) is 1. The number of sulfonamides is 1. The van der Waals surface area contributed by atoms with Crippen molar-refractivity contribution in [1.82, 2.24) is 19.4 Å². The minimum Gasteiger partial charge on any atom is -0.348 e. The highest BCUT2D eigenvalue weighted by atomic mass is 32.2. The fourth-order valence-electron chi connectivity index (χ4n) is 0.936. The zero-order valence-corrected chi connectivity index (χ0v) is 10.2. The Labute approximate surface area is 94.1 Å². The molecule has 8 heteroatoms. The SMILES string of the molecule is CN(C)C(=O)CNS(=O)(=O)c1cnn(C)c1. The molecule has 0 bridgehead atoms. The molecule has 0 unspecified atom stereocenters. The number of aromatic nitrogens is 2. The van der Waals surface area contributed by atoms with Crippen LogP contribution in [0.3, 0.4) is 0 Å². The van der Waals surface area contributed by atoms with Gasteiger partial charge in [0.1, 0.15) is 4.90 Å². The van der Waals surface area contributed by atoms with Gasteiger partial charge in [0, 0.05) is 27.3 Å². The number of nitrogens with zero attached hydrogens (tertiary/aromatic N) is 3. The summed E-state index contributed by atoms with van der Waals surface area (Å²) >= 11 is 0. The van der Waals surface area contributed by atoms with Crippen LogP contribution in [0.5, 0.6) is 0 Å². The Morgan fingerprint density at radius 3 is 2.62 bits per heavy atom. The highest BCUT2D eigenvalue weighted by Gasteiger charge is 2.17. The molecule has 1 N–H and O–H groups in total. The molecule has 1 aromatic heterocycles. The van der Waals surface area contributed by atoms with Crippen molar-refractivity contribution in [3.05, 3.63) is 12.4 Å². The summed E-state index contributed by atoms with van der Waals surface area (Å²) in [6, 6.07) is 0. The smallest absolute Gasteiger partial charge is 0.244 e. The predicted molar refractivity (Wildman–Crippen MR) is 57.1 cm³/mol. The molecule has 0 aromatic carbocycles. The highest BCUT2D eigenvalue weighted by molar-refractivity contribution is 7.89. The van der Waals surface area contributed by atoms with Crippen LogP contribution in [0.1, 0.15) is 0 Å². The van der Waals surface area contributed by atoms with Crippen LogP contribution in [-0.2, 0) is 21.9 Å². The number of rotatable bonds is 4. The van der Waals surface area contributed by atoms with Crippen molar-refractivity contribution in [1.29, 1.82) is 0 Å². The van der Waals surface area contributed by atoms with Crippen LogP contribution in [0.25, 0.3) is 0 Å². The summed E-state index contributed by atoms with van der Waals surface area (Å²) in [7, 11) is 1.08. The summed E-state index contributed by atoms with van der Waals surface area (Å²) in [4.78, 5) is 12.6. The third-order valence-corrected chi connectivity index (χ3v) is 3.26. The largest absolute Gasteiger partial charge is 0.348 e. The summed E-state index contributed by atoms with van der Waals surface area (Å²) in [5.41, 5.74) is 0. The maximum absolute atomic E-state index is 11.6. The molecule has 1 amide bonds. The van der Waals surface area contributed by atoms with Crippen LogP contribution in [0.4, 0.5) is 0 Å². The molecule has 16 heavy (non-hydrogen) atoms. The number of carbonyl (C=O) groups is 1. The van der Waals surface area contributed by atoms with E-state index < -0.39 is 10.0 Å². The predicted octanol–water partition coefficient (Wildman–Crippen LogP) is -1.21. The van der Waals surface area contributed by atoms with E-state index in [1.807, 2.05) is 0 Å². The monoisotopic (exact) mass is 246 g/mol. The molecule has 0 saturated carbocycles. The quantitative estimate of drug-likeness (QED) is 0.722. The van der Waals surface area contributed by atoms with Gasteiger partial charge in [-0.05, 0) is 0 Å². The fraction of sp³-hybridized carbons (Fsp3) is 0.500. The van der Waals surface area contributed by atoms with E-state index in [-0.39, 0.29) is 17.3 Å². The van der Waals surface area contributed by atoms with Crippen LogP contribution in [-0.4, -0.2) is 49.6 Å².